The predicted octanol–water partition coefficient (Wildman–Crippen LogP) is 4.27. The van der Waals surface area contributed by atoms with Crippen LogP contribution in [0.2, 0.25) is 5.02 Å². The van der Waals surface area contributed by atoms with E-state index in [9.17, 15) is 4.79 Å². The molecule has 4 rings (SSSR count). The standard InChI is InChI=1S/C21H22ClNO4/c1-2-3-11-25-18-10-5-4-7-15(18)14-23-19-16(8-6-9-17(19)22)21(20(23)24)26-12-13-27-21/h4-10H,2-3,11-14H2,1H3. The molecule has 27 heavy (non-hydrogen) atoms. The average molecular weight is 388 g/mol. The Hall–Kier alpha value is -2.08. The summed E-state index contributed by atoms with van der Waals surface area (Å²) in [4.78, 5) is 14.9. The quantitative estimate of drug-likeness (QED) is 0.695. The molecule has 142 valence electrons. The molecule has 0 bridgehead atoms. The van der Waals surface area contributed by atoms with Crippen molar-refractivity contribution in [2.75, 3.05) is 24.7 Å². The molecule has 2 aromatic rings. The third-order valence-corrected chi connectivity index (χ3v) is 5.19. The Balaban J connectivity index is 1.69. The number of benzene rings is 2. The zero-order valence-corrected chi connectivity index (χ0v) is 16.0. The number of rotatable bonds is 6. The third kappa shape index (κ3) is 3.10. The third-order valence-electron chi connectivity index (χ3n) is 4.89. The second kappa shape index (κ2) is 7.50. The van der Waals surface area contributed by atoms with E-state index in [1.54, 1.807) is 11.0 Å². The SMILES string of the molecule is CCCCOc1ccccc1CN1C(=O)C2(OCCO2)c2cccc(Cl)c21. The van der Waals surface area contributed by atoms with Gasteiger partial charge in [-0.3, -0.25) is 4.79 Å². The summed E-state index contributed by atoms with van der Waals surface area (Å²) in [7, 11) is 0. The van der Waals surface area contributed by atoms with Crippen molar-refractivity contribution in [2.45, 2.75) is 32.1 Å². The molecule has 2 aliphatic rings. The van der Waals surface area contributed by atoms with Crippen LogP contribution in [0.1, 0.15) is 30.9 Å². The highest BCUT2D eigenvalue weighted by molar-refractivity contribution is 6.35. The van der Waals surface area contributed by atoms with Gasteiger partial charge in [0.1, 0.15) is 5.75 Å². The molecule has 0 radical (unpaired) electrons. The topological polar surface area (TPSA) is 48.0 Å². The lowest BCUT2D eigenvalue weighted by Gasteiger charge is -2.23. The van der Waals surface area contributed by atoms with Gasteiger partial charge in [0.25, 0.3) is 11.7 Å². The predicted molar refractivity (Wildman–Crippen MR) is 103 cm³/mol. The van der Waals surface area contributed by atoms with Gasteiger partial charge in [-0.15, -0.1) is 0 Å². The summed E-state index contributed by atoms with van der Waals surface area (Å²) in [5.74, 6) is -0.842. The number of anilines is 1. The van der Waals surface area contributed by atoms with Crippen molar-refractivity contribution in [2.24, 2.45) is 0 Å². The number of carbonyl (C=O) groups excluding carboxylic acids is 1. The lowest BCUT2D eigenvalue weighted by molar-refractivity contribution is -0.180. The molecule has 0 aliphatic carbocycles. The van der Waals surface area contributed by atoms with Crippen LogP contribution in [0.15, 0.2) is 42.5 Å². The van der Waals surface area contributed by atoms with Gasteiger partial charge < -0.3 is 19.1 Å². The van der Waals surface area contributed by atoms with Crippen LogP contribution in [-0.4, -0.2) is 25.7 Å². The van der Waals surface area contributed by atoms with Crippen LogP contribution >= 0.6 is 11.6 Å². The summed E-state index contributed by atoms with van der Waals surface area (Å²) in [6.07, 6.45) is 2.05. The highest BCUT2D eigenvalue weighted by Gasteiger charge is 2.56. The van der Waals surface area contributed by atoms with Gasteiger partial charge >= 0.3 is 0 Å². The first-order chi connectivity index (χ1) is 13.2. The first kappa shape index (κ1) is 18.3. The minimum absolute atomic E-state index is 0.244. The lowest BCUT2D eigenvalue weighted by Crippen LogP contribution is -2.41. The van der Waals surface area contributed by atoms with Crippen LogP contribution in [0.25, 0.3) is 0 Å². The molecular weight excluding hydrogens is 366 g/mol. The average Bonchev–Trinajstić information content (AvgIpc) is 3.25. The molecule has 2 aliphatic heterocycles. The summed E-state index contributed by atoms with van der Waals surface area (Å²) in [6, 6.07) is 13.2. The number of hydrogen-bond donors (Lipinski definition) is 0. The van der Waals surface area contributed by atoms with Gasteiger partial charge in [-0.1, -0.05) is 55.3 Å². The highest BCUT2D eigenvalue weighted by atomic mass is 35.5. The maximum Gasteiger partial charge on any atom is 0.292 e. The largest absolute Gasteiger partial charge is 0.493 e. The maximum atomic E-state index is 13.3. The van der Waals surface area contributed by atoms with E-state index in [0.717, 1.165) is 24.2 Å². The Morgan fingerprint density at radius 2 is 1.93 bits per heavy atom. The zero-order valence-electron chi connectivity index (χ0n) is 15.2. The Kier molecular flexibility index (Phi) is 5.08. The number of halogens is 1. The Labute approximate surface area is 163 Å². The molecule has 0 N–H and O–H groups in total. The Morgan fingerprint density at radius 3 is 2.70 bits per heavy atom. The number of ether oxygens (including phenoxy) is 3. The molecule has 2 aromatic carbocycles. The number of hydrogen-bond acceptors (Lipinski definition) is 4. The van der Waals surface area contributed by atoms with Crippen molar-refractivity contribution >= 4 is 23.2 Å². The first-order valence-corrected chi connectivity index (χ1v) is 9.64. The number of amides is 1. The molecular formula is C21H22ClNO4. The molecule has 0 atom stereocenters. The minimum Gasteiger partial charge on any atom is -0.493 e. The highest BCUT2D eigenvalue weighted by Crippen LogP contribution is 2.49. The molecule has 2 heterocycles. The summed E-state index contributed by atoms with van der Waals surface area (Å²) < 4.78 is 17.5. The van der Waals surface area contributed by atoms with Crippen molar-refractivity contribution in [1.29, 1.82) is 0 Å². The monoisotopic (exact) mass is 387 g/mol. The summed E-state index contributed by atoms with van der Waals surface area (Å²) in [5, 5.41) is 0.501. The van der Waals surface area contributed by atoms with E-state index < -0.39 is 5.79 Å². The lowest BCUT2D eigenvalue weighted by atomic mass is 10.1. The molecule has 0 unspecified atom stereocenters. The minimum atomic E-state index is -1.38. The number of para-hydroxylation sites is 2. The summed E-state index contributed by atoms with van der Waals surface area (Å²) >= 11 is 6.46. The fourth-order valence-corrected chi connectivity index (χ4v) is 3.84. The van der Waals surface area contributed by atoms with Crippen LogP contribution < -0.4 is 9.64 Å². The number of carbonyl (C=O) groups is 1. The molecule has 0 aromatic heterocycles. The normalized spacial score (nSPS) is 17.6. The van der Waals surface area contributed by atoms with Gasteiger partial charge in [0.15, 0.2) is 0 Å². The van der Waals surface area contributed by atoms with E-state index in [-0.39, 0.29) is 5.91 Å². The fraction of sp³-hybridized carbons (Fsp3) is 0.381. The molecule has 1 amide bonds. The van der Waals surface area contributed by atoms with Gasteiger partial charge in [-0.25, -0.2) is 0 Å². The molecule has 1 saturated heterocycles. The van der Waals surface area contributed by atoms with Crippen molar-refractivity contribution in [3.05, 3.63) is 58.6 Å². The van der Waals surface area contributed by atoms with Crippen LogP contribution in [0.4, 0.5) is 5.69 Å². The summed E-state index contributed by atoms with van der Waals surface area (Å²) in [5.41, 5.74) is 2.24. The summed E-state index contributed by atoms with van der Waals surface area (Å²) in [6.45, 7) is 3.87. The van der Waals surface area contributed by atoms with Gasteiger partial charge in [0.05, 0.1) is 37.1 Å². The van der Waals surface area contributed by atoms with Crippen LogP contribution in [-0.2, 0) is 26.6 Å². The van der Waals surface area contributed by atoms with E-state index >= 15 is 0 Å². The van der Waals surface area contributed by atoms with Gasteiger partial charge in [0.2, 0.25) is 0 Å². The van der Waals surface area contributed by atoms with E-state index in [1.165, 1.54) is 0 Å². The van der Waals surface area contributed by atoms with Gasteiger partial charge in [0, 0.05) is 11.1 Å². The number of unbranched alkanes of at least 4 members (excludes halogenated alkanes) is 1. The van der Waals surface area contributed by atoms with E-state index in [1.807, 2.05) is 36.4 Å². The Morgan fingerprint density at radius 1 is 1.15 bits per heavy atom. The zero-order chi connectivity index (χ0) is 18.9. The molecule has 5 nitrogen and oxygen atoms in total. The second-order valence-corrected chi connectivity index (χ2v) is 7.06. The van der Waals surface area contributed by atoms with E-state index in [0.29, 0.717) is 42.6 Å². The fourth-order valence-electron chi connectivity index (χ4n) is 3.56. The van der Waals surface area contributed by atoms with Gasteiger partial charge in [-0.2, -0.15) is 0 Å². The number of nitrogens with zero attached hydrogens (tertiary/aromatic N) is 1. The van der Waals surface area contributed by atoms with E-state index in [2.05, 4.69) is 6.92 Å². The first-order valence-electron chi connectivity index (χ1n) is 9.27. The van der Waals surface area contributed by atoms with Crippen molar-refractivity contribution in [3.63, 3.8) is 0 Å². The number of fused-ring (bicyclic) bond motifs is 2. The van der Waals surface area contributed by atoms with E-state index in [4.69, 9.17) is 25.8 Å². The van der Waals surface area contributed by atoms with Crippen molar-refractivity contribution < 1.29 is 19.0 Å². The second-order valence-electron chi connectivity index (χ2n) is 6.65. The van der Waals surface area contributed by atoms with Gasteiger partial charge in [-0.05, 0) is 18.6 Å². The maximum absolute atomic E-state index is 13.3. The molecule has 1 fully saturated rings. The molecule has 1 spiro atoms. The van der Waals surface area contributed by atoms with Crippen LogP contribution in [0.5, 0.6) is 5.75 Å². The molecule has 0 saturated carbocycles. The smallest absolute Gasteiger partial charge is 0.292 e. The van der Waals surface area contributed by atoms with Crippen molar-refractivity contribution in [3.8, 4) is 5.75 Å². The van der Waals surface area contributed by atoms with Crippen LogP contribution in [0, 0.1) is 0 Å². The van der Waals surface area contributed by atoms with Crippen molar-refractivity contribution in [1.82, 2.24) is 0 Å². The Bertz CT molecular complexity index is 848. The van der Waals surface area contributed by atoms with Crippen LogP contribution in [0.3, 0.4) is 0 Å². The molecule has 6 heteroatoms.